The first kappa shape index (κ1) is 23.4. The highest BCUT2D eigenvalue weighted by Crippen LogP contribution is 2.26. The molecule has 0 aliphatic rings. The van der Waals surface area contributed by atoms with Crippen LogP contribution in [0.3, 0.4) is 0 Å². The summed E-state index contributed by atoms with van der Waals surface area (Å²) >= 11 is 5.98. The van der Waals surface area contributed by atoms with Crippen LogP contribution in [-0.4, -0.2) is 55.1 Å². The number of halogens is 1. The number of carbonyl (C=O) groups excluding carboxylic acids is 2. The van der Waals surface area contributed by atoms with Crippen LogP contribution in [0.4, 0.5) is 5.69 Å². The predicted molar refractivity (Wildman–Crippen MR) is 118 cm³/mol. The molecule has 0 bridgehead atoms. The molecule has 1 amide bonds. The van der Waals surface area contributed by atoms with Crippen LogP contribution >= 0.6 is 11.6 Å². The molecule has 3 rings (SSSR count). The van der Waals surface area contributed by atoms with Crippen molar-refractivity contribution in [2.45, 2.75) is 4.90 Å². The summed E-state index contributed by atoms with van der Waals surface area (Å²) < 4.78 is 31.7. The highest BCUT2D eigenvalue weighted by Gasteiger charge is 2.22. The minimum atomic E-state index is -3.83. The van der Waals surface area contributed by atoms with Gasteiger partial charge in [-0.05, 0) is 24.3 Å². The molecule has 0 fully saturated rings. The number of hydrogen-bond donors (Lipinski definition) is 1. The van der Waals surface area contributed by atoms with Crippen LogP contribution in [0.2, 0.25) is 5.02 Å². The van der Waals surface area contributed by atoms with Crippen LogP contribution in [0, 0.1) is 0 Å². The minimum absolute atomic E-state index is 0.00392. The number of benzene rings is 2. The Balaban J connectivity index is 1.75. The molecule has 2 aromatic carbocycles. The number of ether oxygens (including phenoxy) is 1. The maximum absolute atomic E-state index is 12.5. The molecule has 1 heterocycles. The average Bonchev–Trinajstić information content (AvgIpc) is 2.75. The van der Waals surface area contributed by atoms with Crippen LogP contribution in [0.25, 0.3) is 10.8 Å². The summed E-state index contributed by atoms with van der Waals surface area (Å²) in [6.45, 7) is -0.657. The van der Waals surface area contributed by atoms with Crippen molar-refractivity contribution in [1.29, 1.82) is 0 Å². The summed E-state index contributed by atoms with van der Waals surface area (Å²) in [6, 6.07) is 10.4. The highest BCUT2D eigenvalue weighted by molar-refractivity contribution is 7.89. The molecule has 0 radical (unpaired) electrons. The van der Waals surface area contributed by atoms with E-state index in [4.69, 9.17) is 16.3 Å². The van der Waals surface area contributed by atoms with E-state index in [0.29, 0.717) is 5.39 Å². The van der Waals surface area contributed by atoms with Crippen molar-refractivity contribution < 1.29 is 22.7 Å². The summed E-state index contributed by atoms with van der Waals surface area (Å²) in [4.78, 5) is 36.7. The van der Waals surface area contributed by atoms with Crippen LogP contribution in [0.1, 0.15) is 10.5 Å². The Morgan fingerprint density at radius 1 is 1.16 bits per heavy atom. The first-order chi connectivity index (χ1) is 15.0. The molecule has 0 spiro atoms. The van der Waals surface area contributed by atoms with Gasteiger partial charge in [-0.2, -0.15) is 5.10 Å². The van der Waals surface area contributed by atoms with E-state index in [0.717, 1.165) is 8.99 Å². The number of amides is 1. The van der Waals surface area contributed by atoms with Crippen molar-refractivity contribution in [3.05, 3.63) is 63.5 Å². The van der Waals surface area contributed by atoms with Crippen LogP contribution in [-0.2, 0) is 26.6 Å². The molecule has 0 saturated heterocycles. The lowest BCUT2D eigenvalue weighted by Gasteiger charge is -2.14. The van der Waals surface area contributed by atoms with E-state index in [1.165, 1.54) is 39.3 Å². The molecule has 0 aliphatic carbocycles. The zero-order valence-corrected chi connectivity index (χ0v) is 18.9. The van der Waals surface area contributed by atoms with Gasteiger partial charge >= 0.3 is 5.97 Å². The quantitative estimate of drug-likeness (QED) is 0.533. The van der Waals surface area contributed by atoms with Crippen molar-refractivity contribution in [2.75, 3.05) is 26.0 Å². The molecule has 1 aromatic heterocycles. The van der Waals surface area contributed by atoms with E-state index >= 15 is 0 Å². The zero-order chi connectivity index (χ0) is 23.6. The lowest BCUT2D eigenvalue weighted by molar-refractivity contribution is -0.119. The number of aromatic nitrogens is 2. The van der Waals surface area contributed by atoms with E-state index in [-0.39, 0.29) is 32.2 Å². The molecule has 32 heavy (non-hydrogen) atoms. The molecule has 0 atom stereocenters. The Labute approximate surface area is 188 Å². The first-order valence-corrected chi connectivity index (χ1v) is 11.0. The fourth-order valence-electron chi connectivity index (χ4n) is 2.82. The number of carbonyl (C=O) groups is 2. The number of sulfonamides is 1. The zero-order valence-electron chi connectivity index (χ0n) is 17.3. The molecule has 1 N–H and O–H groups in total. The molecular formula is C20H19ClN4O6S. The van der Waals surface area contributed by atoms with Gasteiger partial charge in [-0.15, -0.1) is 0 Å². The fourth-order valence-corrected chi connectivity index (χ4v) is 4.22. The van der Waals surface area contributed by atoms with Crippen LogP contribution in [0.15, 0.2) is 52.2 Å². The number of fused-ring (bicyclic) bond motifs is 1. The Morgan fingerprint density at radius 3 is 2.47 bits per heavy atom. The summed E-state index contributed by atoms with van der Waals surface area (Å²) in [5.41, 5.74) is -0.330. The van der Waals surface area contributed by atoms with Crippen LogP contribution in [0.5, 0.6) is 0 Å². The monoisotopic (exact) mass is 478 g/mol. The number of aryl methyl sites for hydroxylation is 1. The second-order valence-electron chi connectivity index (χ2n) is 6.88. The fraction of sp³-hybridized carbons (Fsp3) is 0.200. The largest absolute Gasteiger partial charge is 0.451 e. The lowest BCUT2D eigenvalue weighted by Crippen LogP contribution is -2.26. The lowest BCUT2D eigenvalue weighted by atomic mass is 10.1. The highest BCUT2D eigenvalue weighted by atomic mass is 35.5. The normalized spacial score (nSPS) is 11.5. The van der Waals surface area contributed by atoms with E-state index in [1.54, 1.807) is 24.3 Å². The van der Waals surface area contributed by atoms with Gasteiger partial charge in [0, 0.05) is 32.2 Å². The number of esters is 1. The van der Waals surface area contributed by atoms with Crippen molar-refractivity contribution >= 4 is 50.0 Å². The molecular weight excluding hydrogens is 460 g/mol. The average molecular weight is 479 g/mol. The molecule has 10 nitrogen and oxygen atoms in total. The Kier molecular flexibility index (Phi) is 6.63. The Morgan fingerprint density at radius 2 is 1.81 bits per heavy atom. The Bertz CT molecular complexity index is 1380. The summed E-state index contributed by atoms with van der Waals surface area (Å²) in [5, 5.41) is 6.98. The van der Waals surface area contributed by atoms with E-state index in [2.05, 4.69) is 10.4 Å². The smallest absolute Gasteiger partial charge is 0.359 e. The van der Waals surface area contributed by atoms with Gasteiger partial charge in [0.1, 0.15) is 4.90 Å². The summed E-state index contributed by atoms with van der Waals surface area (Å²) in [5.74, 6) is -1.60. The van der Waals surface area contributed by atoms with Crippen LogP contribution < -0.4 is 10.9 Å². The minimum Gasteiger partial charge on any atom is -0.451 e. The van der Waals surface area contributed by atoms with E-state index in [1.807, 2.05) is 0 Å². The standard InChI is InChI=1S/C20H19ClN4O6S/c1-24(2)32(29,30)16-10-12(8-9-15(16)21)22-17(26)11-31-20(28)18-13-6-4-5-7-14(13)19(27)25(3)23-18/h4-10H,11H2,1-3H3,(H,22,26). The maximum Gasteiger partial charge on any atom is 0.359 e. The number of anilines is 1. The van der Waals surface area contributed by atoms with Gasteiger partial charge in [0.2, 0.25) is 10.0 Å². The molecule has 0 aliphatic heterocycles. The van der Waals surface area contributed by atoms with Gasteiger partial charge in [0.05, 0.1) is 10.4 Å². The van der Waals surface area contributed by atoms with E-state index in [9.17, 15) is 22.8 Å². The van der Waals surface area contributed by atoms with Gasteiger partial charge < -0.3 is 10.1 Å². The van der Waals surface area contributed by atoms with Crippen molar-refractivity contribution in [3.63, 3.8) is 0 Å². The summed E-state index contributed by atoms with van der Waals surface area (Å²) in [6.07, 6.45) is 0. The molecule has 12 heteroatoms. The number of nitrogens with one attached hydrogen (secondary N) is 1. The third-order valence-corrected chi connectivity index (χ3v) is 6.75. The topological polar surface area (TPSA) is 128 Å². The summed E-state index contributed by atoms with van der Waals surface area (Å²) in [7, 11) is 0.283. The number of hydrogen-bond acceptors (Lipinski definition) is 7. The molecule has 3 aromatic rings. The maximum atomic E-state index is 12.5. The SMILES string of the molecule is CN(C)S(=O)(=O)c1cc(NC(=O)COC(=O)c2nn(C)c(=O)c3ccccc23)ccc1Cl. The number of nitrogens with zero attached hydrogens (tertiary/aromatic N) is 3. The predicted octanol–water partition coefficient (Wildman–Crippen LogP) is 1.63. The van der Waals surface area contributed by atoms with Gasteiger partial charge in [-0.1, -0.05) is 29.8 Å². The molecule has 168 valence electrons. The van der Waals surface area contributed by atoms with Gasteiger partial charge in [-0.25, -0.2) is 22.2 Å². The molecule has 0 saturated carbocycles. The second kappa shape index (κ2) is 9.07. The van der Waals surface area contributed by atoms with Gasteiger partial charge in [0.15, 0.2) is 12.3 Å². The van der Waals surface area contributed by atoms with E-state index < -0.39 is 28.5 Å². The Hall–Kier alpha value is -3.28. The van der Waals surface area contributed by atoms with Gasteiger partial charge in [0.25, 0.3) is 11.5 Å². The third kappa shape index (κ3) is 4.64. The van der Waals surface area contributed by atoms with Crippen molar-refractivity contribution in [3.8, 4) is 0 Å². The van der Waals surface area contributed by atoms with Crippen molar-refractivity contribution in [2.24, 2.45) is 7.05 Å². The number of rotatable bonds is 6. The first-order valence-electron chi connectivity index (χ1n) is 9.17. The molecule has 0 unspecified atom stereocenters. The van der Waals surface area contributed by atoms with Crippen molar-refractivity contribution in [1.82, 2.24) is 14.1 Å². The van der Waals surface area contributed by atoms with Gasteiger partial charge in [-0.3, -0.25) is 9.59 Å². The second-order valence-corrected chi connectivity index (χ2v) is 9.41. The third-order valence-electron chi connectivity index (χ3n) is 4.46.